The maximum Gasteiger partial charge on any atom is 0.00755 e. The lowest BCUT2D eigenvalue weighted by Crippen LogP contribution is -1.76. The monoisotopic (exact) mass is 220 g/mol. The Kier molecular flexibility index (Phi) is 3.04. The molecule has 0 aliphatic carbocycles. The molecule has 14 heavy (non-hydrogen) atoms. The van der Waals surface area contributed by atoms with Gasteiger partial charge >= 0.3 is 0 Å². The van der Waals surface area contributed by atoms with Crippen LogP contribution < -0.4 is 0 Å². The molecule has 0 N–H and O–H groups in total. The van der Waals surface area contributed by atoms with Gasteiger partial charge in [0, 0.05) is 9.79 Å². The first-order valence-corrected chi connectivity index (χ1v) is 6.90. The van der Waals surface area contributed by atoms with E-state index in [0.717, 1.165) is 0 Å². The van der Waals surface area contributed by atoms with Crippen LogP contribution in [0.4, 0.5) is 0 Å². The topological polar surface area (TPSA) is 0 Å². The van der Waals surface area contributed by atoms with Crippen molar-refractivity contribution in [2.24, 2.45) is 0 Å². The lowest BCUT2D eigenvalue weighted by Gasteiger charge is -2.02. The highest BCUT2D eigenvalue weighted by Crippen LogP contribution is 2.25. The Balaban J connectivity index is 2.60. The van der Waals surface area contributed by atoms with Crippen molar-refractivity contribution in [3.63, 3.8) is 0 Å². The van der Waals surface area contributed by atoms with E-state index in [0.29, 0.717) is 0 Å². The molecule has 72 valence electrons. The molecule has 0 fully saturated rings. The first kappa shape index (κ1) is 9.94. The highest BCUT2D eigenvalue weighted by molar-refractivity contribution is 7.98. The molecule has 0 saturated heterocycles. The minimum Gasteiger partial charge on any atom is -0.130 e. The summed E-state index contributed by atoms with van der Waals surface area (Å²) in [4.78, 5) is 2.66. The van der Waals surface area contributed by atoms with Crippen LogP contribution in [0.15, 0.2) is 46.2 Å². The third-order valence-corrected chi connectivity index (χ3v) is 3.71. The third-order valence-electron chi connectivity index (χ3n) is 2.25. The summed E-state index contributed by atoms with van der Waals surface area (Å²) in [5.74, 6) is 0. The van der Waals surface area contributed by atoms with Crippen LogP contribution >= 0.6 is 23.5 Å². The van der Waals surface area contributed by atoms with Crippen molar-refractivity contribution in [1.29, 1.82) is 0 Å². The summed E-state index contributed by atoms with van der Waals surface area (Å²) >= 11 is 3.58. The lowest BCUT2D eigenvalue weighted by molar-refractivity contribution is 1.46. The van der Waals surface area contributed by atoms with Crippen LogP contribution in [0.5, 0.6) is 0 Å². The Morgan fingerprint density at radius 3 is 1.64 bits per heavy atom. The molecule has 0 unspecified atom stereocenters. The quantitative estimate of drug-likeness (QED) is 0.693. The Hall–Kier alpha value is -0.600. The maximum atomic E-state index is 2.25. The number of fused-ring (bicyclic) bond motifs is 1. The molecule has 0 amide bonds. The van der Waals surface area contributed by atoms with Crippen molar-refractivity contribution in [2.75, 3.05) is 12.5 Å². The number of rotatable bonds is 2. The summed E-state index contributed by atoms with van der Waals surface area (Å²) < 4.78 is 0. The molecule has 0 nitrogen and oxygen atoms in total. The smallest absolute Gasteiger partial charge is 0.00755 e. The summed E-state index contributed by atoms with van der Waals surface area (Å²) in [5.41, 5.74) is 0. The number of hydrogen-bond acceptors (Lipinski definition) is 2. The van der Waals surface area contributed by atoms with E-state index in [1.165, 1.54) is 20.6 Å². The SMILES string of the molecule is CSc1ccc2ccc(SC)cc2c1. The Labute approximate surface area is 93.1 Å². The van der Waals surface area contributed by atoms with Gasteiger partial charge < -0.3 is 0 Å². The third kappa shape index (κ3) is 1.91. The molecule has 0 spiro atoms. The van der Waals surface area contributed by atoms with Crippen LogP contribution in [-0.2, 0) is 0 Å². The van der Waals surface area contributed by atoms with E-state index >= 15 is 0 Å². The standard InChI is InChI=1S/C12H12S2/c1-13-11-5-3-9-4-6-12(14-2)8-10(9)7-11/h3-8H,1-2H3. The molecule has 0 radical (unpaired) electrons. The second-order valence-electron chi connectivity index (χ2n) is 3.08. The second-order valence-corrected chi connectivity index (χ2v) is 4.84. The summed E-state index contributed by atoms with van der Waals surface area (Å²) in [6.45, 7) is 0. The van der Waals surface area contributed by atoms with Crippen molar-refractivity contribution >= 4 is 34.3 Å². The lowest BCUT2D eigenvalue weighted by atomic mass is 10.1. The van der Waals surface area contributed by atoms with E-state index < -0.39 is 0 Å². The van der Waals surface area contributed by atoms with Gasteiger partial charge in [-0.05, 0) is 47.5 Å². The average Bonchev–Trinajstić information content (AvgIpc) is 2.27. The first-order valence-electron chi connectivity index (χ1n) is 4.45. The van der Waals surface area contributed by atoms with E-state index in [-0.39, 0.29) is 0 Å². The summed E-state index contributed by atoms with van der Waals surface area (Å²) in [6.07, 6.45) is 4.22. The van der Waals surface area contributed by atoms with E-state index in [1.807, 2.05) is 0 Å². The molecular weight excluding hydrogens is 208 g/mol. The fourth-order valence-corrected chi connectivity index (χ4v) is 2.35. The van der Waals surface area contributed by atoms with Crippen LogP contribution in [0.25, 0.3) is 10.8 Å². The van der Waals surface area contributed by atoms with Crippen molar-refractivity contribution in [2.45, 2.75) is 9.79 Å². The summed E-state index contributed by atoms with van der Waals surface area (Å²) in [7, 11) is 0. The van der Waals surface area contributed by atoms with Gasteiger partial charge in [-0.25, -0.2) is 0 Å². The molecule has 0 saturated carbocycles. The van der Waals surface area contributed by atoms with E-state index in [9.17, 15) is 0 Å². The summed E-state index contributed by atoms with van der Waals surface area (Å²) in [6, 6.07) is 13.2. The zero-order chi connectivity index (χ0) is 9.97. The molecule has 0 heterocycles. The van der Waals surface area contributed by atoms with Crippen molar-refractivity contribution < 1.29 is 0 Å². The normalized spacial score (nSPS) is 10.7. The van der Waals surface area contributed by atoms with Gasteiger partial charge in [0.15, 0.2) is 0 Å². The average molecular weight is 220 g/mol. The molecule has 0 aliphatic rings. The van der Waals surface area contributed by atoms with Crippen LogP contribution in [0.1, 0.15) is 0 Å². The van der Waals surface area contributed by atoms with Gasteiger partial charge in [0.1, 0.15) is 0 Å². The Bertz CT molecular complexity index is 410. The predicted octanol–water partition coefficient (Wildman–Crippen LogP) is 4.28. The van der Waals surface area contributed by atoms with Crippen molar-refractivity contribution in [3.8, 4) is 0 Å². The molecule has 2 heteroatoms. The number of benzene rings is 2. The van der Waals surface area contributed by atoms with Gasteiger partial charge in [-0.15, -0.1) is 23.5 Å². The van der Waals surface area contributed by atoms with E-state index in [2.05, 4.69) is 48.9 Å². The van der Waals surface area contributed by atoms with Gasteiger partial charge in [0.05, 0.1) is 0 Å². The molecule has 2 aromatic carbocycles. The highest BCUT2D eigenvalue weighted by Gasteiger charge is 1.97. The van der Waals surface area contributed by atoms with Crippen LogP contribution in [0, 0.1) is 0 Å². The van der Waals surface area contributed by atoms with E-state index in [1.54, 1.807) is 23.5 Å². The second kappa shape index (κ2) is 4.28. The Morgan fingerprint density at radius 2 is 1.21 bits per heavy atom. The molecule has 0 atom stereocenters. The molecule has 0 aromatic heterocycles. The zero-order valence-corrected chi connectivity index (χ0v) is 9.91. The van der Waals surface area contributed by atoms with Gasteiger partial charge in [0.2, 0.25) is 0 Å². The van der Waals surface area contributed by atoms with Crippen LogP contribution in [0.2, 0.25) is 0 Å². The van der Waals surface area contributed by atoms with Gasteiger partial charge in [-0.2, -0.15) is 0 Å². The van der Waals surface area contributed by atoms with Gasteiger partial charge in [0.25, 0.3) is 0 Å². The van der Waals surface area contributed by atoms with E-state index in [4.69, 9.17) is 0 Å². The zero-order valence-electron chi connectivity index (χ0n) is 8.28. The molecule has 2 aromatic rings. The fourth-order valence-electron chi connectivity index (χ4n) is 1.46. The molecule has 0 bridgehead atoms. The minimum absolute atomic E-state index is 1.32. The molecular formula is C12H12S2. The minimum atomic E-state index is 1.32. The van der Waals surface area contributed by atoms with Crippen molar-refractivity contribution in [1.82, 2.24) is 0 Å². The Morgan fingerprint density at radius 1 is 0.714 bits per heavy atom. The van der Waals surface area contributed by atoms with Crippen molar-refractivity contribution in [3.05, 3.63) is 36.4 Å². The molecule has 2 rings (SSSR count). The summed E-state index contributed by atoms with van der Waals surface area (Å²) in [5, 5.41) is 2.66. The fraction of sp³-hybridized carbons (Fsp3) is 0.167. The number of hydrogen-bond donors (Lipinski definition) is 0. The number of thioether (sulfide) groups is 2. The first-order chi connectivity index (χ1) is 6.83. The maximum absolute atomic E-state index is 2.25. The highest BCUT2D eigenvalue weighted by atomic mass is 32.2. The van der Waals surface area contributed by atoms with Gasteiger partial charge in [-0.1, -0.05) is 12.1 Å². The van der Waals surface area contributed by atoms with Gasteiger partial charge in [-0.3, -0.25) is 0 Å². The van der Waals surface area contributed by atoms with Crippen LogP contribution in [0.3, 0.4) is 0 Å². The van der Waals surface area contributed by atoms with Crippen LogP contribution in [-0.4, -0.2) is 12.5 Å². The predicted molar refractivity (Wildman–Crippen MR) is 67.5 cm³/mol. The molecule has 0 aliphatic heterocycles. The largest absolute Gasteiger partial charge is 0.130 e.